The molecule has 1 aromatic rings. The van der Waals surface area contributed by atoms with E-state index in [9.17, 15) is 4.79 Å². The van der Waals surface area contributed by atoms with Gasteiger partial charge >= 0.3 is 0 Å². The van der Waals surface area contributed by atoms with E-state index in [1.807, 2.05) is 6.92 Å². The quantitative estimate of drug-likeness (QED) is 0.787. The van der Waals surface area contributed by atoms with E-state index in [4.69, 9.17) is 4.74 Å². The van der Waals surface area contributed by atoms with Crippen LogP contribution in [-0.2, 0) is 29.0 Å². The van der Waals surface area contributed by atoms with Crippen molar-refractivity contribution in [3.8, 4) is 0 Å². The lowest BCUT2D eigenvalue weighted by Gasteiger charge is -2.30. The molecule has 1 amide bonds. The van der Waals surface area contributed by atoms with Crippen molar-refractivity contribution < 1.29 is 9.53 Å². The highest BCUT2D eigenvalue weighted by atomic mass is 16.5. The molecule has 1 aromatic heterocycles. The minimum absolute atomic E-state index is 0.0484. The average Bonchev–Trinajstić information content (AvgIpc) is 2.81. The Labute approximate surface area is 107 Å². The molecule has 0 N–H and O–H groups in total. The first-order valence-electron chi connectivity index (χ1n) is 6.43. The van der Waals surface area contributed by atoms with E-state index in [1.165, 1.54) is 0 Å². The van der Waals surface area contributed by atoms with Crippen molar-refractivity contribution in [1.29, 1.82) is 0 Å². The molecule has 18 heavy (non-hydrogen) atoms. The lowest BCUT2D eigenvalue weighted by molar-refractivity contribution is -0.143. The van der Waals surface area contributed by atoms with Gasteiger partial charge in [-0.1, -0.05) is 13.8 Å². The molecule has 1 atom stereocenters. The fourth-order valence-corrected chi connectivity index (χ4v) is 2.31. The molecular weight excluding hydrogens is 232 g/mol. The SMILES string of the molecule is CCc1nnc2n1CCN(C(=O)C(CC)OC)C2. The van der Waals surface area contributed by atoms with Gasteiger partial charge in [0.1, 0.15) is 11.9 Å². The first kappa shape index (κ1) is 13.0. The Kier molecular flexibility index (Phi) is 3.96. The third-order valence-electron chi connectivity index (χ3n) is 3.39. The van der Waals surface area contributed by atoms with Gasteiger partial charge in [-0.15, -0.1) is 10.2 Å². The molecule has 0 aliphatic carbocycles. The van der Waals surface area contributed by atoms with E-state index in [-0.39, 0.29) is 12.0 Å². The molecule has 0 fully saturated rings. The summed E-state index contributed by atoms with van der Waals surface area (Å²) in [7, 11) is 1.58. The lowest BCUT2D eigenvalue weighted by Crippen LogP contribution is -2.44. The van der Waals surface area contributed by atoms with Crippen molar-refractivity contribution in [2.24, 2.45) is 0 Å². The zero-order valence-electron chi connectivity index (χ0n) is 11.2. The molecule has 1 aliphatic rings. The van der Waals surface area contributed by atoms with Crippen LogP contribution >= 0.6 is 0 Å². The van der Waals surface area contributed by atoms with Crippen LogP contribution in [-0.4, -0.2) is 45.3 Å². The van der Waals surface area contributed by atoms with Crippen molar-refractivity contribution in [3.05, 3.63) is 11.6 Å². The van der Waals surface area contributed by atoms with Crippen LogP contribution in [0, 0.1) is 0 Å². The van der Waals surface area contributed by atoms with E-state index in [2.05, 4.69) is 21.7 Å². The topological polar surface area (TPSA) is 60.2 Å². The van der Waals surface area contributed by atoms with Crippen LogP contribution in [0.15, 0.2) is 0 Å². The zero-order chi connectivity index (χ0) is 13.1. The first-order valence-corrected chi connectivity index (χ1v) is 6.43. The molecule has 1 aliphatic heterocycles. The number of methoxy groups -OCH3 is 1. The van der Waals surface area contributed by atoms with Crippen molar-refractivity contribution in [2.45, 2.75) is 45.9 Å². The maximum atomic E-state index is 12.2. The van der Waals surface area contributed by atoms with Gasteiger partial charge in [0.2, 0.25) is 0 Å². The summed E-state index contributed by atoms with van der Waals surface area (Å²) in [6.45, 7) is 6.03. The molecule has 2 rings (SSSR count). The molecule has 0 spiro atoms. The molecule has 0 radical (unpaired) electrons. The van der Waals surface area contributed by atoms with E-state index < -0.39 is 0 Å². The Bertz CT molecular complexity index is 426. The van der Waals surface area contributed by atoms with Gasteiger partial charge in [0.05, 0.1) is 6.54 Å². The van der Waals surface area contributed by atoms with Gasteiger partial charge < -0.3 is 14.2 Å². The minimum atomic E-state index is -0.342. The Morgan fingerprint density at radius 2 is 2.17 bits per heavy atom. The van der Waals surface area contributed by atoms with Gasteiger partial charge in [0.25, 0.3) is 5.91 Å². The number of aromatic nitrogens is 3. The Morgan fingerprint density at radius 3 is 2.78 bits per heavy atom. The van der Waals surface area contributed by atoms with Crippen molar-refractivity contribution in [2.75, 3.05) is 13.7 Å². The Hall–Kier alpha value is -1.43. The fraction of sp³-hybridized carbons (Fsp3) is 0.750. The largest absolute Gasteiger partial charge is 0.372 e. The third-order valence-corrected chi connectivity index (χ3v) is 3.39. The van der Waals surface area contributed by atoms with Gasteiger partial charge in [-0.3, -0.25) is 4.79 Å². The standard InChI is InChI=1S/C12H20N4O2/c1-4-9(18-3)12(17)15-6-7-16-10(5-2)13-14-11(16)8-15/h9H,4-8H2,1-3H3. The molecule has 2 heterocycles. The number of rotatable bonds is 4. The Balaban J connectivity index is 2.10. The second kappa shape index (κ2) is 5.48. The van der Waals surface area contributed by atoms with Crippen molar-refractivity contribution in [3.63, 3.8) is 0 Å². The number of amides is 1. The van der Waals surface area contributed by atoms with Crippen LogP contribution in [0.3, 0.4) is 0 Å². The number of aryl methyl sites for hydroxylation is 1. The predicted octanol–water partition coefficient (Wildman–Crippen LogP) is 0.608. The van der Waals surface area contributed by atoms with Crippen LogP contribution in [0.2, 0.25) is 0 Å². The van der Waals surface area contributed by atoms with Crippen LogP contribution < -0.4 is 0 Å². The molecule has 6 nitrogen and oxygen atoms in total. The van der Waals surface area contributed by atoms with Crippen molar-refractivity contribution >= 4 is 5.91 Å². The number of ether oxygens (including phenoxy) is 1. The number of fused-ring (bicyclic) bond motifs is 1. The summed E-state index contributed by atoms with van der Waals surface area (Å²) in [5.41, 5.74) is 0. The van der Waals surface area contributed by atoms with Crippen LogP contribution in [0.25, 0.3) is 0 Å². The molecule has 100 valence electrons. The average molecular weight is 252 g/mol. The summed E-state index contributed by atoms with van der Waals surface area (Å²) < 4.78 is 7.30. The first-order chi connectivity index (χ1) is 8.71. The molecule has 0 saturated carbocycles. The highest BCUT2D eigenvalue weighted by Gasteiger charge is 2.28. The summed E-state index contributed by atoms with van der Waals surface area (Å²) in [5.74, 6) is 1.92. The third kappa shape index (κ3) is 2.25. The van der Waals surface area contributed by atoms with Gasteiger partial charge in [-0.2, -0.15) is 0 Å². The lowest BCUT2D eigenvalue weighted by atomic mass is 10.2. The monoisotopic (exact) mass is 252 g/mol. The van der Waals surface area contributed by atoms with Crippen LogP contribution in [0.4, 0.5) is 0 Å². The smallest absolute Gasteiger partial charge is 0.252 e. The van der Waals surface area contributed by atoms with Gasteiger partial charge in [0.15, 0.2) is 5.82 Å². The molecular formula is C12H20N4O2. The number of nitrogens with zero attached hydrogens (tertiary/aromatic N) is 4. The maximum Gasteiger partial charge on any atom is 0.252 e. The zero-order valence-corrected chi connectivity index (χ0v) is 11.2. The predicted molar refractivity (Wildman–Crippen MR) is 65.9 cm³/mol. The number of hydrogen-bond acceptors (Lipinski definition) is 4. The van der Waals surface area contributed by atoms with Gasteiger partial charge in [0, 0.05) is 26.6 Å². The number of hydrogen-bond donors (Lipinski definition) is 0. The molecule has 6 heteroatoms. The van der Waals surface area contributed by atoms with Crippen molar-refractivity contribution in [1.82, 2.24) is 19.7 Å². The second-order valence-corrected chi connectivity index (χ2v) is 4.43. The van der Waals surface area contributed by atoms with Crippen LogP contribution in [0.5, 0.6) is 0 Å². The fourth-order valence-electron chi connectivity index (χ4n) is 2.31. The van der Waals surface area contributed by atoms with Crippen LogP contribution in [0.1, 0.15) is 31.9 Å². The highest BCUT2D eigenvalue weighted by Crippen LogP contribution is 2.15. The highest BCUT2D eigenvalue weighted by molar-refractivity contribution is 5.80. The van der Waals surface area contributed by atoms with E-state index in [0.29, 0.717) is 19.5 Å². The molecule has 0 saturated heterocycles. The molecule has 0 aromatic carbocycles. The summed E-state index contributed by atoms with van der Waals surface area (Å²) >= 11 is 0. The summed E-state index contributed by atoms with van der Waals surface area (Å²) in [6.07, 6.45) is 1.22. The second-order valence-electron chi connectivity index (χ2n) is 4.43. The minimum Gasteiger partial charge on any atom is -0.372 e. The van der Waals surface area contributed by atoms with E-state index in [1.54, 1.807) is 12.0 Å². The summed E-state index contributed by atoms with van der Waals surface area (Å²) in [4.78, 5) is 14.0. The normalized spacial score (nSPS) is 16.5. The number of carbonyl (C=O) groups excluding carboxylic acids is 1. The Morgan fingerprint density at radius 1 is 1.39 bits per heavy atom. The summed E-state index contributed by atoms with van der Waals surface area (Å²) in [6, 6.07) is 0. The van der Waals surface area contributed by atoms with Gasteiger partial charge in [-0.05, 0) is 6.42 Å². The molecule has 0 bridgehead atoms. The van der Waals surface area contributed by atoms with E-state index in [0.717, 1.165) is 24.6 Å². The molecule has 1 unspecified atom stereocenters. The number of carbonyl (C=O) groups is 1. The summed E-state index contributed by atoms with van der Waals surface area (Å²) in [5, 5.41) is 8.29. The van der Waals surface area contributed by atoms with E-state index >= 15 is 0 Å². The van der Waals surface area contributed by atoms with Gasteiger partial charge in [-0.25, -0.2) is 0 Å². The maximum absolute atomic E-state index is 12.2.